The van der Waals surface area contributed by atoms with E-state index in [0.717, 1.165) is 0 Å². The van der Waals surface area contributed by atoms with Crippen LogP contribution in [0.25, 0.3) is 0 Å². The number of hydrogen-bond acceptors (Lipinski definition) is 7. The molecule has 1 amide bonds. The van der Waals surface area contributed by atoms with Crippen LogP contribution in [0, 0.1) is 0 Å². The van der Waals surface area contributed by atoms with Crippen molar-refractivity contribution in [3.63, 3.8) is 0 Å². The smallest absolute Gasteiger partial charge is 0.257 e. The molecule has 0 unspecified atom stereocenters. The van der Waals surface area contributed by atoms with Crippen molar-refractivity contribution < 1.29 is 31.8 Å². The molecule has 0 saturated carbocycles. The van der Waals surface area contributed by atoms with Crippen LogP contribution >= 0.6 is 0 Å². The largest absolute Gasteiger partial charge is 0.492 e. The molecule has 27 heavy (non-hydrogen) atoms. The SMILES string of the molecule is COc1c2c(c(S(=O)(=O)NCc3ccco3)c3c1C(=O)N(C)CC3)OCO2. The Morgan fingerprint density at radius 2 is 2.07 bits per heavy atom. The van der Waals surface area contributed by atoms with E-state index < -0.39 is 10.0 Å². The number of furan rings is 1. The molecule has 0 fully saturated rings. The van der Waals surface area contributed by atoms with Gasteiger partial charge in [0.1, 0.15) is 10.7 Å². The minimum Gasteiger partial charge on any atom is -0.492 e. The predicted molar refractivity (Wildman–Crippen MR) is 92.5 cm³/mol. The second-order valence-corrected chi connectivity index (χ2v) is 7.87. The Balaban J connectivity index is 1.88. The highest BCUT2D eigenvalue weighted by atomic mass is 32.2. The maximum absolute atomic E-state index is 13.1. The molecule has 0 spiro atoms. The van der Waals surface area contributed by atoms with Crippen LogP contribution < -0.4 is 18.9 Å². The topological polar surface area (TPSA) is 107 Å². The minimum absolute atomic E-state index is 0.0282. The fraction of sp³-hybridized carbons (Fsp3) is 0.353. The fourth-order valence-corrected chi connectivity index (χ4v) is 4.68. The number of nitrogens with zero attached hydrogens (tertiary/aromatic N) is 1. The molecule has 0 saturated heterocycles. The average molecular weight is 394 g/mol. The van der Waals surface area contributed by atoms with Gasteiger partial charge in [-0.05, 0) is 24.1 Å². The Labute approximate surface area is 155 Å². The first-order valence-electron chi connectivity index (χ1n) is 8.24. The molecular weight excluding hydrogens is 376 g/mol. The zero-order valence-corrected chi connectivity index (χ0v) is 15.6. The van der Waals surface area contributed by atoms with Crippen molar-refractivity contribution in [2.24, 2.45) is 0 Å². The number of sulfonamides is 1. The quantitative estimate of drug-likeness (QED) is 0.810. The summed E-state index contributed by atoms with van der Waals surface area (Å²) in [5.74, 6) is 0.520. The van der Waals surface area contributed by atoms with E-state index in [4.69, 9.17) is 18.6 Å². The fourth-order valence-electron chi connectivity index (χ4n) is 3.28. The van der Waals surface area contributed by atoms with Crippen LogP contribution in [0.2, 0.25) is 0 Å². The Morgan fingerprint density at radius 3 is 2.78 bits per heavy atom. The predicted octanol–water partition coefficient (Wildman–Crippen LogP) is 1.12. The van der Waals surface area contributed by atoms with Crippen molar-refractivity contribution in [3.05, 3.63) is 35.3 Å². The number of amides is 1. The lowest BCUT2D eigenvalue weighted by Crippen LogP contribution is -2.36. The van der Waals surface area contributed by atoms with Crippen LogP contribution in [0.3, 0.4) is 0 Å². The maximum Gasteiger partial charge on any atom is 0.257 e. The number of nitrogens with one attached hydrogen (secondary N) is 1. The molecule has 1 aromatic carbocycles. The summed E-state index contributed by atoms with van der Waals surface area (Å²) in [6.07, 6.45) is 1.81. The van der Waals surface area contributed by atoms with Crippen LogP contribution in [-0.2, 0) is 23.0 Å². The summed E-state index contributed by atoms with van der Waals surface area (Å²) in [5.41, 5.74) is 0.556. The third-order valence-electron chi connectivity index (χ3n) is 4.58. The van der Waals surface area contributed by atoms with Crippen molar-refractivity contribution in [2.45, 2.75) is 17.9 Å². The van der Waals surface area contributed by atoms with Gasteiger partial charge in [0.15, 0.2) is 11.5 Å². The van der Waals surface area contributed by atoms with Gasteiger partial charge in [0.05, 0.1) is 25.5 Å². The van der Waals surface area contributed by atoms with Crippen molar-refractivity contribution in [3.8, 4) is 17.2 Å². The molecule has 9 nitrogen and oxygen atoms in total. The Hall–Kier alpha value is -2.72. The van der Waals surface area contributed by atoms with Gasteiger partial charge in [-0.15, -0.1) is 0 Å². The first-order valence-corrected chi connectivity index (χ1v) is 9.72. The highest BCUT2D eigenvalue weighted by molar-refractivity contribution is 7.89. The number of likely N-dealkylation sites (N-methyl/N-ethyl adjacent to an activating group) is 1. The van der Waals surface area contributed by atoms with E-state index in [-0.39, 0.29) is 47.0 Å². The van der Waals surface area contributed by atoms with Gasteiger partial charge in [0.25, 0.3) is 5.91 Å². The number of fused-ring (bicyclic) bond motifs is 2. The van der Waals surface area contributed by atoms with Crippen LogP contribution in [0.1, 0.15) is 21.7 Å². The number of carbonyl (C=O) groups is 1. The van der Waals surface area contributed by atoms with E-state index in [9.17, 15) is 13.2 Å². The van der Waals surface area contributed by atoms with Gasteiger partial charge in [-0.3, -0.25) is 4.79 Å². The zero-order valence-electron chi connectivity index (χ0n) is 14.8. The van der Waals surface area contributed by atoms with Crippen LogP contribution in [0.15, 0.2) is 27.7 Å². The van der Waals surface area contributed by atoms with E-state index in [1.54, 1.807) is 19.2 Å². The summed E-state index contributed by atoms with van der Waals surface area (Å²) in [4.78, 5) is 14.2. The molecule has 144 valence electrons. The number of benzene rings is 1. The van der Waals surface area contributed by atoms with E-state index in [0.29, 0.717) is 24.3 Å². The molecule has 1 N–H and O–H groups in total. The summed E-state index contributed by atoms with van der Waals surface area (Å²) in [5, 5.41) is 0. The number of ether oxygens (including phenoxy) is 3. The zero-order chi connectivity index (χ0) is 19.2. The maximum atomic E-state index is 13.1. The summed E-state index contributed by atoms with van der Waals surface area (Å²) >= 11 is 0. The van der Waals surface area contributed by atoms with Crippen molar-refractivity contribution in [1.82, 2.24) is 9.62 Å². The van der Waals surface area contributed by atoms with Crippen LogP contribution in [0.4, 0.5) is 0 Å². The highest BCUT2D eigenvalue weighted by Crippen LogP contribution is 2.51. The lowest BCUT2D eigenvalue weighted by molar-refractivity contribution is 0.0775. The lowest BCUT2D eigenvalue weighted by atomic mass is 9.97. The lowest BCUT2D eigenvalue weighted by Gasteiger charge is -2.28. The van der Waals surface area contributed by atoms with Gasteiger partial charge in [-0.1, -0.05) is 0 Å². The van der Waals surface area contributed by atoms with Crippen molar-refractivity contribution in [2.75, 3.05) is 27.5 Å². The van der Waals surface area contributed by atoms with Crippen molar-refractivity contribution in [1.29, 1.82) is 0 Å². The molecule has 0 atom stereocenters. The second kappa shape index (κ2) is 6.46. The summed E-state index contributed by atoms with van der Waals surface area (Å²) in [7, 11) is -0.953. The number of carbonyl (C=O) groups excluding carboxylic acids is 1. The van der Waals surface area contributed by atoms with Gasteiger partial charge >= 0.3 is 0 Å². The molecule has 1 aromatic heterocycles. The molecule has 4 rings (SSSR count). The van der Waals surface area contributed by atoms with Gasteiger partial charge in [-0.2, -0.15) is 0 Å². The summed E-state index contributed by atoms with van der Waals surface area (Å²) < 4.78 is 50.1. The molecule has 2 aliphatic rings. The normalized spacial score (nSPS) is 15.8. The number of rotatable bonds is 5. The second-order valence-electron chi connectivity index (χ2n) is 6.16. The van der Waals surface area contributed by atoms with Gasteiger partial charge in [-0.25, -0.2) is 13.1 Å². The number of methoxy groups -OCH3 is 1. The molecule has 2 aliphatic heterocycles. The van der Waals surface area contributed by atoms with Gasteiger partial charge in [0.2, 0.25) is 22.6 Å². The van der Waals surface area contributed by atoms with E-state index in [1.165, 1.54) is 18.3 Å². The Bertz CT molecular complexity index is 999. The molecule has 3 heterocycles. The van der Waals surface area contributed by atoms with Gasteiger partial charge < -0.3 is 23.5 Å². The first-order chi connectivity index (χ1) is 12.9. The molecule has 2 aromatic rings. The van der Waals surface area contributed by atoms with Crippen molar-refractivity contribution >= 4 is 15.9 Å². The van der Waals surface area contributed by atoms with Crippen LogP contribution in [-0.4, -0.2) is 46.7 Å². The van der Waals surface area contributed by atoms with Gasteiger partial charge in [0, 0.05) is 13.6 Å². The standard InChI is InChI=1S/C17H18N2O7S/c1-19-6-5-11-12(17(19)20)13(23-2)14-15(26-9-25-14)16(11)27(21,22)18-8-10-4-3-7-24-10/h3-4,7,18H,5-6,8-9H2,1-2H3. The summed E-state index contributed by atoms with van der Waals surface area (Å²) in [6, 6.07) is 3.33. The highest BCUT2D eigenvalue weighted by Gasteiger charge is 2.40. The average Bonchev–Trinajstić information content (AvgIpc) is 3.32. The molecule has 0 aliphatic carbocycles. The third kappa shape index (κ3) is 2.81. The molecule has 0 radical (unpaired) electrons. The molecular formula is C17H18N2O7S. The summed E-state index contributed by atoms with van der Waals surface area (Å²) in [6.45, 7) is 0.203. The minimum atomic E-state index is -4.01. The Morgan fingerprint density at radius 1 is 1.30 bits per heavy atom. The van der Waals surface area contributed by atoms with E-state index in [1.807, 2.05) is 0 Å². The monoisotopic (exact) mass is 394 g/mol. The van der Waals surface area contributed by atoms with Crippen LogP contribution in [0.5, 0.6) is 17.2 Å². The first kappa shape index (κ1) is 17.7. The van der Waals surface area contributed by atoms with E-state index in [2.05, 4.69) is 4.72 Å². The molecule has 10 heteroatoms. The number of hydrogen-bond donors (Lipinski definition) is 1. The van der Waals surface area contributed by atoms with E-state index >= 15 is 0 Å². The third-order valence-corrected chi connectivity index (χ3v) is 6.07. The molecule has 0 bridgehead atoms. The Kier molecular flexibility index (Phi) is 4.23.